The molecule has 0 saturated heterocycles. The van der Waals surface area contributed by atoms with Gasteiger partial charge in [-0.25, -0.2) is 0 Å². The van der Waals surface area contributed by atoms with Crippen molar-refractivity contribution in [3.05, 3.63) is 16.6 Å². The van der Waals surface area contributed by atoms with Gasteiger partial charge in [-0.15, -0.1) is 11.3 Å². The van der Waals surface area contributed by atoms with Crippen LogP contribution in [-0.2, 0) is 0 Å². The molecule has 0 atom stereocenters. The summed E-state index contributed by atoms with van der Waals surface area (Å²) in [4.78, 5) is 4.40. The van der Waals surface area contributed by atoms with Crippen molar-refractivity contribution >= 4 is 28.1 Å². The lowest BCUT2D eigenvalue weighted by Gasteiger charge is -1.82. The Bertz CT molecular complexity index is 208. The Hall–Kier alpha value is -0.610. The summed E-state index contributed by atoms with van der Waals surface area (Å²) in [5.41, 5.74) is 1.61. The third kappa shape index (κ3) is 1.40. The van der Waals surface area contributed by atoms with E-state index in [1.54, 1.807) is 5.51 Å². The Kier molecular flexibility index (Phi) is 2.02. The first kappa shape index (κ1) is 6.51. The van der Waals surface area contributed by atoms with Crippen LogP contribution in [0.5, 0.6) is 0 Å². The van der Waals surface area contributed by atoms with E-state index in [1.807, 2.05) is 0 Å². The molecule has 1 aromatic rings. The van der Waals surface area contributed by atoms with Crippen LogP contribution < -0.4 is 0 Å². The summed E-state index contributed by atoms with van der Waals surface area (Å²) in [5.74, 6) is 0. The van der Waals surface area contributed by atoms with E-state index in [9.17, 15) is 0 Å². The summed E-state index contributed by atoms with van der Waals surface area (Å²) in [7, 11) is 0. The second kappa shape index (κ2) is 2.80. The molecule has 0 aliphatic heterocycles. The van der Waals surface area contributed by atoms with E-state index in [1.165, 1.54) is 17.5 Å². The zero-order valence-corrected chi connectivity index (χ0v) is 5.85. The molecule has 0 spiro atoms. The predicted octanol–water partition coefficient (Wildman–Crippen LogP) is 1.52. The molecular weight excluding hydrogens is 160 g/mol. The molecule has 3 nitrogen and oxygen atoms in total. The first-order chi connectivity index (χ1) is 4.34. The molecule has 5 heteroatoms. The molecule has 0 bridgehead atoms. The molecule has 0 unspecified atom stereocenters. The lowest BCUT2D eigenvalue weighted by molar-refractivity contribution is 0.321. The van der Waals surface area contributed by atoms with Crippen molar-refractivity contribution in [1.29, 1.82) is 0 Å². The van der Waals surface area contributed by atoms with Gasteiger partial charge < -0.3 is 5.21 Å². The smallest absolute Gasteiger partial charge is 0.186 e. The average Bonchev–Trinajstić information content (AvgIpc) is 2.37. The highest BCUT2D eigenvalue weighted by atomic mass is 35.5. The zero-order valence-electron chi connectivity index (χ0n) is 4.28. The van der Waals surface area contributed by atoms with Gasteiger partial charge in [0.05, 0.1) is 10.4 Å². The van der Waals surface area contributed by atoms with Crippen LogP contribution in [0.1, 0.15) is 4.88 Å². The predicted molar refractivity (Wildman–Crippen MR) is 36.3 cm³/mol. The molecule has 48 valence electrons. The SMILES string of the molecule is O/N=C(\Cl)c1cncs1. The summed E-state index contributed by atoms with van der Waals surface area (Å²) >= 11 is 6.72. The highest BCUT2D eigenvalue weighted by molar-refractivity contribution is 7.13. The minimum Gasteiger partial charge on any atom is -0.410 e. The van der Waals surface area contributed by atoms with Crippen molar-refractivity contribution in [3.63, 3.8) is 0 Å². The minimum absolute atomic E-state index is 0.0810. The van der Waals surface area contributed by atoms with E-state index in [0.717, 1.165) is 0 Å². The Balaban J connectivity index is 2.90. The quantitative estimate of drug-likeness (QED) is 0.387. The van der Waals surface area contributed by atoms with E-state index in [2.05, 4.69) is 10.1 Å². The molecule has 0 amide bonds. The number of hydrogen-bond acceptors (Lipinski definition) is 4. The number of halogens is 1. The molecule has 1 rings (SSSR count). The topological polar surface area (TPSA) is 45.5 Å². The number of rotatable bonds is 1. The molecule has 0 radical (unpaired) electrons. The maximum Gasteiger partial charge on any atom is 0.186 e. The zero-order chi connectivity index (χ0) is 6.69. The Labute approximate surface area is 60.6 Å². The van der Waals surface area contributed by atoms with E-state index in [4.69, 9.17) is 16.8 Å². The van der Waals surface area contributed by atoms with Crippen LogP contribution in [0, 0.1) is 0 Å². The summed E-state index contributed by atoms with van der Waals surface area (Å²) in [5, 5.41) is 11.0. The summed E-state index contributed by atoms with van der Waals surface area (Å²) in [6, 6.07) is 0. The Morgan fingerprint density at radius 3 is 3.11 bits per heavy atom. The molecule has 1 aromatic heterocycles. The lowest BCUT2D eigenvalue weighted by Crippen LogP contribution is -1.83. The number of oxime groups is 1. The van der Waals surface area contributed by atoms with Gasteiger partial charge in [0.15, 0.2) is 5.17 Å². The highest BCUT2D eigenvalue weighted by Gasteiger charge is 1.99. The number of thiazole rings is 1. The first-order valence-electron chi connectivity index (χ1n) is 2.11. The van der Waals surface area contributed by atoms with Crippen LogP contribution in [-0.4, -0.2) is 15.4 Å². The van der Waals surface area contributed by atoms with Gasteiger partial charge in [0.25, 0.3) is 0 Å². The van der Waals surface area contributed by atoms with Gasteiger partial charge in [-0.05, 0) is 0 Å². The van der Waals surface area contributed by atoms with E-state index < -0.39 is 0 Å². The molecule has 9 heavy (non-hydrogen) atoms. The van der Waals surface area contributed by atoms with Crippen LogP contribution in [0.15, 0.2) is 16.9 Å². The second-order valence-corrected chi connectivity index (χ2v) is 2.50. The van der Waals surface area contributed by atoms with Crippen molar-refractivity contribution in [2.24, 2.45) is 5.16 Å². The summed E-state index contributed by atoms with van der Waals surface area (Å²) < 4.78 is 0. The first-order valence-corrected chi connectivity index (χ1v) is 3.37. The second-order valence-electron chi connectivity index (χ2n) is 1.26. The maximum absolute atomic E-state index is 8.14. The Morgan fingerprint density at radius 2 is 2.67 bits per heavy atom. The van der Waals surface area contributed by atoms with Gasteiger partial charge in [0.2, 0.25) is 0 Å². The fourth-order valence-corrected chi connectivity index (χ4v) is 1.04. The largest absolute Gasteiger partial charge is 0.410 e. The van der Waals surface area contributed by atoms with Crippen molar-refractivity contribution in [2.75, 3.05) is 0 Å². The van der Waals surface area contributed by atoms with Crippen molar-refractivity contribution in [3.8, 4) is 0 Å². The molecule has 0 aliphatic rings. The standard InChI is InChI=1S/C4H3ClN2OS/c5-4(7-8)3-1-6-2-9-3/h1-2,8H/b7-4-. The minimum atomic E-state index is 0.0810. The van der Waals surface area contributed by atoms with Gasteiger partial charge in [-0.3, -0.25) is 4.98 Å². The number of aromatic nitrogens is 1. The van der Waals surface area contributed by atoms with Gasteiger partial charge in [0, 0.05) is 6.20 Å². The lowest BCUT2D eigenvalue weighted by atomic mass is 10.6. The monoisotopic (exact) mass is 162 g/mol. The van der Waals surface area contributed by atoms with E-state index in [-0.39, 0.29) is 5.17 Å². The molecule has 1 N–H and O–H groups in total. The molecule has 0 aromatic carbocycles. The van der Waals surface area contributed by atoms with E-state index >= 15 is 0 Å². The van der Waals surface area contributed by atoms with Crippen molar-refractivity contribution < 1.29 is 5.21 Å². The molecule has 0 aliphatic carbocycles. The fraction of sp³-hybridized carbons (Fsp3) is 0. The van der Waals surface area contributed by atoms with Gasteiger partial charge >= 0.3 is 0 Å². The third-order valence-electron chi connectivity index (χ3n) is 0.723. The van der Waals surface area contributed by atoms with Crippen LogP contribution in [0.3, 0.4) is 0 Å². The molecule has 0 saturated carbocycles. The molecule has 0 fully saturated rings. The fourth-order valence-electron chi connectivity index (χ4n) is 0.367. The van der Waals surface area contributed by atoms with Gasteiger partial charge in [-0.2, -0.15) is 0 Å². The van der Waals surface area contributed by atoms with Crippen LogP contribution in [0.25, 0.3) is 0 Å². The van der Waals surface area contributed by atoms with Gasteiger partial charge in [0.1, 0.15) is 0 Å². The van der Waals surface area contributed by atoms with Crippen LogP contribution >= 0.6 is 22.9 Å². The number of nitrogens with zero attached hydrogens (tertiary/aromatic N) is 2. The normalized spacial score (nSPS) is 11.9. The molecular formula is C4H3ClN2OS. The average molecular weight is 163 g/mol. The maximum atomic E-state index is 8.14. The van der Waals surface area contributed by atoms with Crippen LogP contribution in [0.4, 0.5) is 0 Å². The third-order valence-corrected chi connectivity index (χ3v) is 1.89. The van der Waals surface area contributed by atoms with Gasteiger partial charge in [-0.1, -0.05) is 16.8 Å². The number of hydrogen-bond donors (Lipinski definition) is 1. The summed E-state index contributed by atoms with van der Waals surface area (Å²) in [6.07, 6.45) is 1.53. The van der Waals surface area contributed by atoms with Crippen LogP contribution in [0.2, 0.25) is 0 Å². The summed E-state index contributed by atoms with van der Waals surface area (Å²) in [6.45, 7) is 0. The van der Waals surface area contributed by atoms with Crippen molar-refractivity contribution in [1.82, 2.24) is 4.98 Å². The Morgan fingerprint density at radius 1 is 1.89 bits per heavy atom. The van der Waals surface area contributed by atoms with Crippen molar-refractivity contribution in [2.45, 2.75) is 0 Å². The van der Waals surface area contributed by atoms with E-state index in [0.29, 0.717) is 4.88 Å². The highest BCUT2D eigenvalue weighted by Crippen LogP contribution is 2.08. The molecule has 1 heterocycles.